The van der Waals surface area contributed by atoms with Gasteiger partial charge in [0.2, 0.25) is 0 Å². The highest BCUT2D eigenvalue weighted by atomic mass is 16.3. The van der Waals surface area contributed by atoms with Crippen molar-refractivity contribution in [2.75, 3.05) is 6.54 Å². The number of aliphatic hydroxyl groups excluding tert-OH is 1. The van der Waals surface area contributed by atoms with Gasteiger partial charge in [-0.05, 0) is 12.6 Å². The molecule has 0 aliphatic rings. The van der Waals surface area contributed by atoms with Gasteiger partial charge in [-0.2, -0.15) is 5.10 Å². The Morgan fingerprint density at radius 2 is 2.70 bits per heavy atom. The number of hydrogen-bond acceptors (Lipinski definition) is 3. The number of aromatic amines is 1. The van der Waals surface area contributed by atoms with Gasteiger partial charge in [0.15, 0.2) is 0 Å². The molecule has 0 aromatic carbocycles. The van der Waals surface area contributed by atoms with Gasteiger partial charge in [0.05, 0.1) is 0 Å². The van der Waals surface area contributed by atoms with E-state index in [9.17, 15) is 5.11 Å². The molecule has 0 bridgehead atoms. The first-order valence-electron chi connectivity index (χ1n) is 3.25. The van der Waals surface area contributed by atoms with Crippen molar-refractivity contribution in [2.45, 2.75) is 13.2 Å². The number of aliphatic hydroxyl groups is 1. The number of nitrogens with one attached hydrogen (secondary N) is 2. The molecule has 3 N–H and O–H groups in total. The molecule has 56 valence electrons. The van der Waals surface area contributed by atoms with Crippen molar-refractivity contribution in [3.05, 3.63) is 18.0 Å². The molecule has 0 saturated heterocycles. The van der Waals surface area contributed by atoms with Crippen LogP contribution in [0.5, 0.6) is 0 Å². The molecule has 4 nitrogen and oxygen atoms in total. The molecule has 0 aliphatic heterocycles. The second kappa shape index (κ2) is 3.34. The van der Waals surface area contributed by atoms with Crippen molar-refractivity contribution in [3.8, 4) is 0 Å². The SMILES string of the molecule is CCNC(O)c1cc[nH]n1. The van der Waals surface area contributed by atoms with Gasteiger partial charge in [-0.25, -0.2) is 0 Å². The van der Waals surface area contributed by atoms with Crippen molar-refractivity contribution < 1.29 is 5.11 Å². The van der Waals surface area contributed by atoms with Crippen molar-refractivity contribution in [3.63, 3.8) is 0 Å². The van der Waals surface area contributed by atoms with E-state index in [4.69, 9.17) is 0 Å². The summed E-state index contributed by atoms with van der Waals surface area (Å²) in [5, 5.41) is 18.5. The number of hydrogen-bond donors (Lipinski definition) is 3. The Labute approximate surface area is 59.3 Å². The predicted molar refractivity (Wildman–Crippen MR) is 37.2 cm³/mol. The van der Waals surface area contributed by atoms with Gasteiger partial charge in [-0.15, -0.1) is 0 Å². The molecular formula is C6H11N3O. The molecule has 1 aromatic heterocycles. The maximum absolute atomic E-state index is 9.22. The molecule has 0 aliphatic carbocycles. The molecule has 0 saturated carbocycles. The van der Waals surface area contributed by atoms with E-state index < -0.39 is 6.23 Å². The Hall–Kier alpha value is -0.870. The third-order valence-electron chi connectivity index (χ3n) is 1.20. The van der Waals surface area contributed by atoms with Gasteiger partial charge in [-0.1, -0.05) is 6.92 Å². The molecule has 1 heterocycles. The average Bonchev–Trinajstić information content (AvgIpc) is 2.38. The summed E-state index contributed by atoms with van der Waals surface area (Å²) in [6, 6.07) is 1.73. The summed E-state index contributed by atoms with van der Waals surface area (Å²) in [6.07, 6.45) is 1.03. The van der Waals surface area contributed by atoms with Crippen LogP contribution >= 0.6 is 0 Å². The number of aromatic nitrogens is 2. The van der Waals surface area contributed by atoms with Crippen molar-refractivity contribution in [1.29, 1.82) is 0 Å². The summed E-state index contributed by atoms with van der Waals surface area (Å²) in [6.45, 7) is 2.66. The topological polar surface area (TPSA) is 60.9 Å². The van der Waals surface area contributed by atoms with Crippen LogP contribution in [0, 0.1) is 0 Å². The Morgan fingerprint density at radius 1 is 1.90 bits per heavy atom. The second-order valence-corrected chi connectivity index (χ2v) is 1.96. The van der Waals surface area contributed by atoms with Crippen LogP contribution in [0.2, 0.25) is 0 Å². The van der Waals surface area contributed by atoms with Crippen molar-refractivity contribution in [1.82, 2.24) is 15.5 Å². The van der Waals surface area contributed by atoms with E-state index in [0.717, 1.165) is 6.54 Å². The Balaban J connectivity index is 2.50. The Morgan fingerprint density at radius 3 is 3.20 bits per heavy atom. The minimum Gasteiger partial charge on any atom is -0.373 e. The van der Waals surface area contributed by atoms with Crippen molar-refractivity contribution in [2.24, 2.45) is 0 Å². The average molecular weight is 141 g/mol. The van der Waals surface area contributed by atoms with Crippen molar-refractivity contribution >= 4 is 0 Å². The van der Waals surface area contributed by atoms with Crippen LogP contribution in [0.25, 0.3) is 0 Å². The van der Waals surface area contributed by atoms with Gasteiger partial charge >= 0.3 is 0 Å². The lowest BCUT2D eigenvalue weighted by molar-refractivity contribution is 0.137. The highest BCUT2D eigenvalue weighted by molar-refractivity contribution is 5.00. The molecule has 10 heavy (non-hydrogen) atoms. The van der Waals surface area contributed by atoms with E-state index in [1.165, 1.54) is 0 Å². The summed E-state index contributed by atoms with van der Waals surface area (Å²) >= 11 is 0. The zero-order chi connectivity index (χ0) is 7.40. The van der Waals surface area contributed by atoms with Crippen LogP contribution in [-0.2, 0) is 0 Å². The molecular weight excluding hydrogens is 130 g/mol. The minimum absolute atomic E-state index is 0.627. The first-order valence-corrected chi connectivity index (χ1v) is 3.25. The van der Waals surface area contributed by atoms with Crippen LogP contribution in [-0.4, -0.2) is 21.8 Å². The maximum Gasteiger partial charge on any atom is 0.149 e. The number of nitrogens with zero attached hydrogens (tertiary/aromatic N) is 1. The number of H-pyrrole nitrogens is 1. The predicted octanol–water partition coefficient (Wildman–Crippen LogP) is 0.0101. The zero-order valence-corrected chi connectivity index (χ0v) is 5.83. The Kier molecular flexibility index (Phi) is 2.42. The quantitative estimate of drug-likeness (QED) is 0.520. The third kappa shape index (κ3) is 1.55. The van der Waals surface area contributed by atoms with E-state index in [1.807, 2.05) is 6.92 Å². The van der Waals surface area contributed by atoms with E-state index in [2.05, 4.69) is 15.5 Å². The van der Waals surface area contributed by atoms with Crippen LogP contribution in [0.4, 0.5) is 0 Å². The van der Waals surface area contributed by atoms with Crippen LogP contribution < -0.4 is 5.32 Å². The lowest BCUT2D eigenvalue weighted by atomic mass is 10.4. The fourth-order valence-corrected chi connectivity index (χ4v) is 0.722. The Bertz CT molecular complexity index is 173. The van der Waals surface area contributed by atoms with Crippen LogP contribution in [0.1, 0.15) is 18.8 Å². The molecule has 0 spiro atoms. The number of rotatable bonds is 3. The van der Waals surface area contributed by atoms with E-state index in [-0.39, 0.29) is 0 Å². The fraction of sp³-hybridized carbons (Fsp3) is 0.500. The monoisotopic (exact) mass is 141 g/mol. The van der Waals surface area contributed by atoms with Crippen LogP contribution in [0.3, 0.4) is 0 Å². The summed E-state index contributed by atoms with van der Waals surface area (Å²) in [5.74, 6) is 0. The first kappa shape index (κ1) is 7.24. The molecule has 0 amide bonds. The van der Waals surface area contributed by atoms with Gasteiger partial charge < -0.3 is 5.11 Å². The smallest absolute Gasteiger partial charge is 0.149 e. The highest BCUT2D eigenvalue weighted by Gasteiger charge is 2.05. The summed E-state index contributed by atoms with van der Waals surface area (Å²) in [7, 11) is 0. The maximum atomic E-state index is 9.22. The second-order valence-electron chi connectivity index (χ2n) is 1.96. The summed E-state index contributed by atoms with van der Waals surface area (Å²) < 4.78 is 0. The molecule has 1 unspecified atom stereocenters. The largest absolute Gasteiger partial charge is 0.373 e. The van der Waals surface area contributed by atoms with Gasteiger partial charge in [-0.3, -0.25) is 10.4 Å². The summed E-state index contributed by atoms with van der Waals surface area (Å²) in [4.78, 5) is 0. The minimum atomic E-state index is -0.642. The van der Waals surface area contributed by atoms with E-state index in [1.54, 1.807) is 12.3 Å². The lowest BCUT2D eigenvalue weighted by Gasteiger charge is -2.06. The molecule has 1 rings (SSSR count). The fourth-order valence-electron chi connectivity index (χ4n) is 0.722. The summed E-state index contributed by atoms with van der Waals surface area (Å²) in [5.41, 5.74) is 0.627. The molecule has 0 fully saturated rings. The normalized spacial score (nSPS) is 13.4. The van der Waals surface area contributed by atoms with Gasteiger partial charge in [0.25, 0.3) is 0 Å². The lowest BCUT2D eigenvalue weighted by Crippen LogP contribution is -2.20. The van der Waals surface area contributed by atoms with E-state index >= 15 is 0 Å². The molecule has 4 heteroatoms. The molecule has 0 radical (unpaired) electrons. The standard InChI is InChI=1S/C6H11N3O/c1-2-7-6(10)5-3-4-8-9-5/h3-4,6-7,10H,2H2,1H3,(H,8,9). The van der Waals surface area contributed by atoms with Crippen LogP contribution in [0.15, 0.2) is 12.3 Å². The molecule has 1 aromatic rings. The van der Waals surface area contributed by atoms with Gasteiger partial charge in [0.1, 0.15) is 11.9 Å². The zero-order valence-electron chi connectivity index (χ0n) is 5.83. The van der Waals surface area contributed by atoms with Gasteiger partial charge in [0, 0.05) is 6.20 Å². The highest BCUT2D eigenvalue weighted by Crippen LogP contribution is 2.02. The molecule has 1 atom stereocenters. The third-order valence-corrected chi connectivity index (χ3v) is 1.20. The first-order chi connectivity index (χ1) is 4.84. The van der Waals surface area contributed by atoms with E-state index in [0.29, 0.717) is 5.69 Å².